The van der Waals surface area contributed by atoms with E-state index in [2.05, 4.69) is 9.98 Å². The van der Waals surface area contributed by atoms with Gasteiger partial charge in [-0.1, -0.05) is 12.1 Å². The monoisotopic (exact) mass is 363 g/mol. The third-order valence-corrected chi connectivity index (χ3v) is 4.88. The van der Waals surface area contributed by atoms with Crippen LogP contribution in [0.2, 0.25) is 0 Å². The standard InChI is InChI=1S/C17H14FN3O3S/c18-16-6-2-1-5-15(16)17-8-13(9-20-12-22)11-21(17)25(23,24)14-4-3-7-19-10-14/h1-11,22H,12H2/b20-9-/i1D,2D,5D,6D. The molecule has 0 bridgehead atoms. The van der Waals surface area contributed by atoms with Crippen LogP contribution in [0.1, 0.15) is 11.0 Å². The number of benzene rings is 1. The lowest BCUT2D eigenvalue weighted by atomic mass is 10.1. The second-order valence-corrected chi connectivity index (χ2v) is 6.61. The molecule has 0 radical (unpaired) electrons. The number of aliphatic hydroxyl groups excluding tert-OH is 1. The first kappa shape index (κ1) is 12.5. The molecule has 0 saturated heterocycles. The van der Waals surface area contributed by atoms with Gasteiger partial charge >= 0.3 is 0 Å². The minimum Gasteiger partial charge on any atom is -0.375 e. The Labute approximate surface area is 149 Å². The van der Waals surface area contributed by atoms with E-state index in [-0.39, 0.29) is 16.2 Å². The van der Waals surface area contributed by atoms with Gasteiger partial charge in [0.15, 0.2) is 0 Å². The second-order valence-electron chi connectivity index (χ2n) is 4.79. The van der Waals surface area contributed by atoms with Gasteiger partial charge in [0, 0.05) is 35.9 Å². The summed E-state index contributed by atoms with van der Waals surface area (Å²) >= 11 is 0. The van der Waals surface area contributed by atoms with Gasteiger partial charge in [-0.25, -0.2) is 16.8 Å². The molecule has 128 valence electrons. The van der Waals surface area contributed by atoms with Crippen LogP contribution in [0.4, 0.5) is 4.39 Å². The molecule has 0 unspecified atom stereocenters. The van der Waals surface area contributed by atoms with Gasteiger partial charge in [-0.2, -0.15) is 0 Å². The number of pyridine rings is 1. The number of aromatic nitrogens is 2. The lowest BCUT2D eigenvalue weighted by molar-refractivity contribution is 0.310. The third kappa shape index (κ3) is 3.35. The van der Waals surface area contributed by atoms with E-state index in [0.717, 1.165) is 18.6 Å². The molecule has 0 aliphatic carbocycles. The van der Waals surface area contributed by atoms with Crippen LogP contribution in [0.5, 0.6) is 0 Å². The van der Waals surface area contributed by atoms with Crippen molar-refractivity contribution in [2.75, 3.05) is 6.73 Å². The zero-order valence-electron chi connectivity index (χ0n) is 16.6. The van der Waals surface area contributed by atoms with Gasteiger partial charge in [0.05, 0.1) is 11.2 Å². The Morgan fingerprint density at radius 2 is 2.20 bits per heavy atom. The highest BCUT2D eigenvalue weighted by atomic mass is 32.2. The highest BCUT2D eigenvalue weighted by Gasteiger charge is 2.23. The van der Waals surface area contributed by atoms with Gasteiger partial charge in [-0.15, -0.1) is 0 Å². The van der Waals surface area contributed by atoms with E-state index in [1.54, 1.807) is 0 Å². The molecule has 0 amide bonds. The predicted molar refractivity (Wildman–Crippen MR) is 91.3 cm³/mol. The van der Waals surface area contributed by atoms with E-state index >= 15 is 0 Å². The summed E-state index contributed by atoms with van der Waals surface area (Å²) in [5.41, 5.74) is -0.752. The van der Waals surface area contributed by atoms with Crippen molar-refractivity contribution < 1.29 is 23.4 Å². The number of hydrogen-bond acceptors (Lipinski definition) is 5. The maximum absolute atomic E-state index is 14.8. The molecule has 3 aromatic rings. The van der Waals surface area contributed by atoms with E-state index in [1.807, 2.05) is 0 Å². The number of halogens is 1. The van der Waals surface area contributed by atoms with Gasteiger partial charge in [0.1, 0.15) is 17.4 Å². The number of aliphatic imine (C=N–C) groups is 1. The number of rotatable bonds is 5. The van der Waals surface area contributed by atoms with Gasteiger partial charge in [0.2, 0.25) is 0 Å². The first-order valence-electron chi connectivity index (χ1n) is 8.95. The van der Waals surface area contributed by atoms with Crippen LogP contribution < -0.4 is 0 Å². The third-order valence-electron chi connectivity index (χ3n) is 3.22. The molecule has 0 aliphatic rings. The summed E-state index contributed by atoms with van der Waals surface area (Å²) in [6.07, 6.45) is 4.74. The van der Waals surface area contributed by atoms with Crippen LogP contribution in [0.25, 0.3) is 11.3 Å². The molecule has 0 aliphatic heterocycles. The molecule has 25 heavy (non-hydrogen) atoms. The van der Waals surface area contributed by atoms with Gasteiger partial charge < -0.3 is 5.11 Å². The van der Waals surface area contributed by atoms with Crippen molar-refractivity contribution in [2.45, 2.75) is 4.90 Å². The molecule has 0 spiro atoms. The maximum atomic E-state index is 14.8. The van der Waals surface area contributed by atoms with Crippen LogP contribution >= 0.6 is 0 Å². The predicted octanol–water partition coefficient (Wildman–Crippen LogP) is 2.29. The van der Waals surface area contributed by atoms with E-state index in [9.17, 15) is 12.8 Å². The van der Waals surface area contributed by atoms with Crippen molar-refractivity contribution in [2.24, 2.45) is 4.99 Å². The smallest absolute Gasteiger partial charge is 0.269 e. The zero-order chi connectivity index (χ0) is 21.3. The van der Waals surface area contributed by atoms with Crippen molar-refractivity contribution in [3.8, 4) is 11.3 Å². The van der Waals surface area contributed by atoms with Crippen LogP contribution in [0.3, 0.4) is 0 Å². The van der Waals surface area contributed by atoms with Crippen molar-refractivity contribution in [3.63, 3.8) is 0 Å². The fraction of sp³-hybridized carbons (Fsp3) is 0.0588. The van der Waals surface area contributed by atoms with Crippen molar-refractivity contribution in [3.05, 3.63) is 72.3 Å². The minimum atomic E-state index is -4.28. The molecule has 2 heterocycles. The molecule has 0 saturated carbocycles. The summed E-state index contributed by atoms with van der Waals surface area (Å²) in [4.78, 5) is 7.16. The van der Waals surface area contributed by atoms with E-state index in [4.69, 9.17) is 10.6 Å². The summed E-state index contributed by atoms with van der Waals surface area (Å²) in [7, 11) is -4.28. The van der Waals surface area contributed by atoms with Crippen LogP contribution in [-0.2, 0) is 10.0 Å². The average molecular weight is 363 g/mol. The highest BCUT2D eigenvalue weighted by molar-refractivity contribution is 7.90. The molecule has 1 N–H and O–H groups in total. The molecular weight excluding hydrogens is 345 g/mol. The van der Waals surface area contributed by atoms with Gasteiger partial charge in [-0.3, -0.25) is 9.98 Å². The van der Waals surface area contributed by atoms with Crippen LogP contribution in [0.15, 0.2) is 70.8 Å². The van der Waals surface area contributed by atoms with Crippen LogP contribution in [-0.4, -0.2) is 35.4 Å². The Bertz CT molecular complexity index is 1190. The number of hydrogen-bond donors (Lipinski definition) is 1. The summed E-state index contributed by atoms with van der Waals surface area (Å²) in [5.74, 6) is -1.29. The maximum Gasteiger partial charge on any atom is 0.269 e. The van der Waals surface area contributed by atoms with Gasteiger partial charge in [-0.05, 0) is 30.3 Å². The summed E-state index contributed by atoms with van der Waals surface area (Å²) in [6.45, 7) is -0.560. The Hall–Kier alpha value is -2.84. The van der Waals surface area contributed by atoms with E-state index < -0.39 is 52.3 Å². The molecule has 0 atom stereocenters. The normalized spacial score (nSPS) is 14.2. The molecule has 2 aromatic heterocycles. The molecule has 0 fully saturated rings. The van der Waals surface area contributed by atoms with Gasteiger partial charge in [0.25, 0.3) is 10.0 Å². The summed E-state index contributed by atoms with van der Waals surface area (Å²) in [6, 6.07) is 0.762. The Morgan fingerprint density at radius 3 is 2.92 bits per heavy atom. The van der Waals surface area contributed by atoms with Crippen LogP contribution in [0, 0.1) is 5.82 Å². The quantitative estimate of drug-likeness (QED) is 0.705. The fourth-order valence-corrected chi connectivity index (χ4v) is 3.48. The zero-order valence-corrected chi connectivity index (χ0v) is 13.5. The average Bonchev–Trinajstić information content (AvgIpc) is 3.14. The number of aliphatic hydroxyl groups is 1. The van der Waals surface area contributed by atoms with E-state index in [0.29, 0.717) is 3.97 Å². The van der Waals surface area contributed by atoms with Crippen molar-refractivity contribution in [1.29, 1.82) is 0 Å². The topological polar surface area (TPSA) is 84.5 Å². The molecule has 6 nitrogen and oxygen atoms in total. The lowest BCUT2D eigenvalue weighted by Gasteiger charge is -2.10. The van der Waals surface area contributed by atoms with Crippen molar-refractivity contribution in [1.82, 2.24) is 8.96 Å². The summed E-state index contributed by atoms with van der Waals surface area (Å²) < 4.78 is 72.8. The highest BCUT2D eigenvalue weighted by Crippen LogP contribution is 2.28. The fourth-order valence-electron chi connectivity index (χ4n) is 2.15. The summed E-state index contributed by atoms with van der Waals surface area (Å²) in [5, 5.41) is 8.86. The second kappa shape index (κ2) is 6.96. The number of nitrogens with zero attached hydrogens (tertiary/aromatic N) is 3. The largest absolute Gasteiger partial charge is 0.375 e. The Morgan fingerprint density at radius 1 is 1.40 bits per heavy atom. The van der Waals surface area contributed by atoms with Crippen molar-refractivity contribution >= 4 is 16.2 Å². The Balaban J connectivity index is 2.37. The molecular formula is C17H14FN3O3S. The Kier molecular flexibility index (Phi) is 3.48. The van der Waals surface area contributed by atoms with E-state index in [1.165, 1.54) is 24.4 Å². The SMILES string of the molecule is [2H]c1c([2H])c([2H])c(-c2cc(/C=N\CO)cn2S(=O)(=O)c2cccnc2)c(F)c1[2H]. The first-order chi connectivity index (χ1) is 13.7. The minimum absolute atomic E-state index is 0.174. The molecule has 8 heteroatoms. The molecule has 3 rings (SSSR count). The molecule has 1 aromatic carbocycles. The lowest BCUT2D eigenvalue weighted by Crippen LogP contribution is -2.13. The first-order valence-corrected chi connectivity index (χ1v) is 8.39.